The van der Waals surface area contributed by atoms with Gasteiger partial charge in [0.1, 0.15) is 0 Å². The largest absolute Gasteiger partial charge is 0.377 e. The fraction of sp³-hybridized carbons (Fsp3) is 0.632. The molecule has 0 spiro atoms. The van der Waals surface area contributed by atoms with Gasteiger partial charge in [-0.05, 0) is 37.3 Å². The molecular formula is C19H28N4O. The topological polar surface area (TPSA) is 53.2 Å². The maximum Gasteiger partial charge on any atom is 0.0702 e. The van der Waals surface area contributed by atoms with Crippen molar-refractivity contribution >= 4 is 10.9 Å². The molecule has 1 aromatic heterocycles. The zero-order chi connectivity index (χ0) is 16.4. The number of aromatic amines is 1. The van der Waals surface area contributed by atoms with Crippen molar-refractivity contribution in [2.75, 3.05) is 26.2 Å². The molecule has 0 saturated carbocycles. The highest BCUT2D eigenvalue weighted by Crippen LogP contribution is 2.21. The second-order valence-corrected chi connectivity index (χ2v) is 7.40. The Morgan fingerprint density at radius 3 is 3.17 bits per heavy atom. The molecule has 2 aliphatic heterocycles. The molecule has 2 aromatic rings. The summed E-state index contributed by atoms with van der Waals surface area (Å²) in [7, 11) is 0. The molecule has 130 valence electrons. The molecule has 3 heterocycles. The highest BCUT2D eigenvalue weighted by atomic mass is 16.5. The number of hydrogen-bond acceptors (Lipinski definition) is 4. The van der Waals surface area contributed by atoms with E-state index in [-0.39, 0.29) is 0 Å². The minimum atomic E-state index is 0.472. The number of nitrogens with zero attached hydrogens (tertiary/aromatic N) is 2. The van der Waals surface area contributed by atoms with E-state index in [1.165, 1.54) is 43.3 Å². The highest BCUT2D eigenvalue weighted by Gasteiger charge is 2.28. The lowest BCUT2D eigenvalue weighted by Crippen LogP contribution is -2.49. The highest BCUT2D eigenvalue weighted by molar-refractivity contribution is 5.81. The molecular weight excluding hydrogens is 300 g/mol. The van der Waals surface area contributed by atoms with Gasteiger partial charge in [-0.15, -0.1) is 0 Å². The summed E-state index contributed by atoms with van der Waals surface area (Å²) in [4.78, 5) is 2.59. The van der Waals surface area contributed by atoms with Crippen LogP contribution in [-0.4, -0.2) is 53.5 Å². The molecule has 4 rings (SSSR count). The molecule has 5 heteroatoms. The van der Waals surface area contributed by atoms with Gasteiger partial charge in [-0.25, -0.2) is 0 Å². The van der Waals surface area contributed by atoms with Gasteiger partial charge in [-0.1, -0.05) is 25.1 Å². The van der Waals surface area contributed by atoms with Crippen LogP contribution in [0.4, 0.5) is 0 Å². The van der Waals surface area contributed by atoms with Crippen LogP contribution in [0.5, 0.6) is 0 Å². The molecule has 0 aliphatic carbocycles. The van der Waals surface area contributed by atoms with E-state index >= 15 is 0 Å². The monoisotopic (exact) mass is 328 g/mol. The van der Waals surface area contributed by atoms with Gasteiger partial charge in [-0.3, -0.25) is 5.10 Å². The first-order valence-electron chi connectivity index (χ1n) is 9.28. The third-order valence-corrected chi connectivity index (χ3v) is 5.59. The number of likely N-dealkylation sites (tertiary alicyclic amines) is 1. The first-order chi connectivity index (χ1) is 11.8. The van der Waals surface area contributed by atoms with Crippen LogP contribution in [0.1, 0.15) is 31.7 Å². The summed E-state index contributed by atoms with van der Waals surface area (Å²) >= 11 is 0. The maximum absolute atomic E-state index is 5.79. The van der Waals surface area contributed by atoms with E-state index in [0.717, 1.165) is 25.2 Å². The van der Waals surface area contributed by atoms with Crippen LogP contribution in [0.3, 0.4) is 0 Å². The summed E-state index contributed by atoms with van der Waals surface area (Å²) < 4.78 is 5.79. The minimum absolute atomic E-state index is 0.472. The van der Waals surface area contributed by atoms with Crippen molar-refractivity contribution in [1.29, 1.82) is 0 Å². The minimum Gasteiger partial charge on any atom is -0.377 e. The summed E-state index contributed by atoms with van der Waals surface area (Å²) in [6.45, 7) is 7.69. The SMILES string of the molecule is C[C@@H]1CN(C[C@@H]2CCCO2)CC[C@H]1NCc1cccc2cn[nH]c12. The second kappa shape index (κ2) is 7.21. The Hall–Kier alpha value is -1.43. The van der Waals surface area contributed by atoms with Crippen molar-refractivity contribution in [2.24, 2.45) is 5.92 Å². The Kier molecular flexibility index (Phi) is 4.83. The maximum atomic E-state index is 5.79. The van der Waals surface area contributed by atoms with Crippen LogP contribution < -0.4 is 5.32 Å². The molecule has 0 unspecified atom stereocenters. The van der Waals surface area contributed by atoms with Gasteiger partial charge in [0, 0.05) is 37.7 Å². The molecule has 2 N–H and O–H groups in total. The quantitative estimate of drug-likeness (QED) is 0.886. The fourth-order valence-corrected chi connectivity index (χ4v) is 4.20. The summed E-state index contributed by atoms with van der Waals surface area (Å²) in [6.07, 6.45) is 6.05. The third-order valence-electron chi connectivity index (χ3n) is 5.59. The van der Waals surface area contributed by atoms with Crippen molar-refractivity contribution < 1.29 is 4.74 Å². The van der Waals surface area contributed by atoms with Gasteiger partial charge in [0.25, 0.3) is 0 Å². The fourth-order valence-electron chi connectivity index (χ4n) is 4.20. The van der Waals surface area contributed by atoms with Gasteiger partial charge < -0.3 is 15.0 Å². The number of H-pyrrole nitrogens is 1. The zero-order valence-electron chi connectivity index (χ0n) is 14.5. The normalized spacial score (nSPS) is 28.6. The van der Waals surface area contributed by atoms with E-state index in [1.54, 1.807) is 0 Å². The molecule has 1 aromatic carbocycles. The van der Waals surface area contributed by atoms with Crippen molar-refractivity contribution in [3.63, 3.8) is 0 Å². The summed E-state index contributed by atoms with van der Waals surface area (Å²) in [5, 5.41) is 12.2. The standard InChI is InChI=1S/C19H28N4O/c1-14-12-23(13-17-6-3-9-24-17)8-7-18(14)20-10-15-4-2-5-16-11-21-22-19(15)16/h2,4-5,11,14,17-18,20H,3,6-10,12-13H2,1H3,(H,21,22)/t14-,17+,18-/m1/s1. The molecule has 2 saturated heterocycles. The Labute approximate surface area is 143 Å². The molecule has 2 fully saturated rings. The molecule has 0 amide bonds. The van der Waals surface area contributed by atoms with Crippen molar-refractivity contribution in [2.45, 2.75) is 44.9 Å². The average molecular weight is 328 g/mol. The third kappa shape index (κ3) is 3.48. The Bertz CT molecular complexity index is 664. The van der Waals surface area contributed by atoms with Gasteiger partial charge in [-0.2, -0.15) is 5.10 Å². The van der Waals surface area contributed by atoms with E-state index in [0.29, 0.717) is 18.1 Å². The lowest BCUT2D eigenvalue weighted by Gasteiger charge is -2.38. The zero-order valence-corrected chi connectivity index (χ0v) is 14.5. The number of aromatic nitrogens is 2. The smallest absolute Gasteiger partial charge is 0.0702 e. The van der Waals surface area contributed by atoms with E-state index < -0.39 is 0 Å². The van der Waals surface area contributed by atoms with Crippen LogP contribution in [-0.2, 0) is 11.3 Å². The summed E-state index contributed by atoms with van der Waals surface area (Å²) in [5.41, 5.74) is 2.47. The van der Waals surface area contributed by atoms with Gasteiger partial charge in [0.05, 0.1) is 17.8 Å². The number of ether oxygens (including phenoxy) is 1. The predicted octanol–water partition coefficient (Wildman–Crippen LogP) is 2.54. The number of fused-ring (bicyclic) bond motifs is 1. The Morgan fingerprint density at radius 2 is 2.33 bits per heavy atom. The van der Waals surface area contributed by atoms with E-state index in [9.17, 15) is 0 Å². The van der Waals surface area contributed by atoms with Gasteiger partial charge >= 0.3 is 0 Å². The first-order valence-corrected chi connectivity index (χ1v) is 9.28. The van der Waals surface area contributed by atoms with Crippen LogP contribution in [0.15, 0.2) is 24.4 Å². The Morgan fingerprint density at radius 1 is 1.38 bits per heavy atom. The molecule has 3 atom stereocenters. The van der Waals surface area contributed by atoms with Crippen molar-refractivity contribution in [1.82, 2.24) is 20.4 Å². The number of para-hydroxylation sites is 1. The lowest BCUT2D eigenvalue weighted by molar-refractivity contribution is 0.0512. The molecule has 0 bridgehead atoms. The summed E-state index contributed by atoms with van der Waals surface area (Å²) in [6, 6.07) is 6.99. The van der Waals surface area contributed by atoms with Crippen molar-refractivity contribution in [3.8, 4) is 0 Å². The first kappa shape index (κ1) is 16.1. The van der Waals surface area contributed by atoms with E-state index in [1.807, 2.05) is 6.20 Å². The van der Waals surface area contributed by atoms with Gasteiger partial charge in [0.2, 0.25) is 0 Å². The molecule has 24 heavy (non-hydrogen) atoms. The second-order valence-electron chi connectivity index (χ2n) is 7.40. The summed E-state index contributed by atoms with van der Waals surface area (Å²) in [5.74, 6) is 0.668. The predicted molar refractivity (Wildman–Crippen MR) is 95.9 cm³/mol. The van der Waals surface area contributed by atoms with Gasteiger partial charge in [0.15, 0.2) is 0 Å². The van der Waals surface area contributed by atoms with Crippen LogP contribution in [0, 0.1) is 5.92 Å². The van der Waals surface area contributed by atoms with Crippen LogP contribution in [0.25, 0.3) is 10.9 Å². The molecule has 5 nitrogen and oxygen atoms in total. The van der Waals surface area contributed by atoms with Crippen molar-refractivity contribution in [3.05, 3.63) is 30.0 Å². The van der Waals surface area contributed by atoms with E-state index in [2.05, 4.69) is 45.5 Å². The number of nitrogens with one attached hydrogen (secondary N) is 2. The average Bonchev–Trinajstić information content (AvgIpc) is 3.25. The van der Waals surface area contributed by atoms with E-state index in [4.69, 9.17) is 4.74 Å². The molecule has 0 radical (unpaired) electrons. The van der Waals surface area contributed by atoms with Crippen LogP contribution in [0.2, 0.25) is 0 Å². The van der Waals surface area contributed by atoms with Crippen LogP contribution >= 0.6 is 0 Å². The number of hydrogen-bond donors (Lipinski definition) is 2. The molecule has 2 aliphatic rings. The Balaban J connectivity index is 1.30. The number of rotatable bonds is 5. The number of piperidine rings is 1. The number of benzene rings is 1. The lowest BCUT2D eigenvalue weighted by atomic mass is 9.93.